The molecular weight excluding hydrogens is 773 g/mol. The monoisotopic (exact) mass is 818 g/mol. The smallest absolute Gasteiger partial charge is 0.0468 e. The van der Waals surface area contributed by atoms with E-state index in [4.69, 9.17) is 0 Å². The van der Waals surface area contributed by atoms with E-state index in [-0.39, 0.29) is 0 Å². The molecule has 0 spiro atoms. The average Bonchev–Trinajstić information content (AvgIpc) is 3.36. The minimum Gasteiger partial charge on any atom is -0.310 e. The molecule has 0 aliphatic carbocycles. The Hall–Kier alpha value is -8.46. The minimum absolute atomic E-state index is 1.12. The van der Waals surface area contributed by atoms with Gasteiger partial charge in [-0.25, -0.2) is 0 Å². The molecule has 10 aromatic rings. The van der Waals surface area contributed by atoms with Gasteiger partial charge in [0, 0.05) is 34.1 Å². The molecule has 10 aromatic carbocycles. The highest BCUT2D eigenvalue weighted by Crippen LogP contribution is 2.38. The summed E-state index contributed by atoms with van der Waals surface area (Å²) in [5.74, 6) is 0. The lowest BCUT2D eigenvalue weighted by Crippen LogP contribution is -2.09. The lowest BCUT2D eigenvalue weighted by atomic mass is 10.1. The Morgan fingerprint density at radius 2 is 0.422 bits per heavy atom. The summed E-state index contributed by atoms with van der Waals surface area (Å²) in [6.07, 6.45) is 13.0. The summed E-state index contributed by atoms with van der Waals surface area (Å²) in [6.45, 7) is 0. The molecule has 0 heterocycles. The van der Waals surface area contributed by atoms with E-state index in [1.54, 1.807) is 0 Å². The van der Waals surface area contributed by atoms with Crippen LogP contribution in [0.4, 0.5) is 34.1 Å². The van der Waals surface area contributed by atoms with Gasteiger partial charge in [-0.3, -0.25) is 0 Å². The molecule has 0 aliphatic rings. The zero-order valence-electron chi connectivity index (χ0n) is 35.5. The molecule has 0 aromatic heterocycles. The van der Waals surface area contributed by atoms with Gasteiger partial charge in [-0.2, -0.15) is 0 Å². The number of hydrogen-bond donors (Lipinski definition) is 0. The first-order valence-electron chi connectivity index (χ1n) is 21.8. The van der Waals surface area contributed by atoms with E-state index in [0.29, 0.717) is 0 Å². The Balaban J connectivity index is 0.765. The van der Waals surface area contributed by atoms with Gasteiger partial charge in [0.2, 0.25) is 0 Å². The van der Waals surface area contributed by atoms with Crippen molar-refractivity contribution in [3.63, 3.8) is 0 Å². The Kier molecular flexibility index (Phi) is 11.6. The number of hydrogen-bond acceptors (Lipinski definition) is 2. The molecule has 64 heavy (non-hydrogen) atoms. The SMILES string of the molecule is C(=Cc1ccc(C=Cc2ccc(N(c3ccccc3)c3ccc4ccccc4c3)cc2)cc1)c1ccc(C=Cc2ccc(N(c3ccccc3)c3ccc4ccccc4c3)cc2)cc1. The molecule has 0 unspecified atom stereocenters. The Bertz CT molecular complexity index is 3000. The second-order valence-corrected chi connectivity index (χ2v) is 15.9. The van der Waals surface area contributed by atoms with Gasteiger partial charge < -0.3 is 9.80 Å². The summed E-state index contributed by atoms with van der Waals surface area (Å²) in [4.78, 5) is 4.62. The van der Waals surface area contributed by atoms with Crippen molar-refractivity contribution in [2.24, 2.45) is 0 Å². The van der Waals surface area contributed by atoms with Gasteiger partial charge in [-0.1, -0.05) is 206 Å². The van der Waals surface area contributed by atoms with Crippen molar-refractivity contribution in [2.45, 2.75) is 0 Å². The molecule has 2 nitrogen and oxygen atoms in total. The fourth-order valence-electron chi connectivity index (χ4n) is 8.16. The second kappa shape index (κ2) is 18.7. The molecule has 2 heteroatoms. The quantitative estimate of drug-likeness (QED) is 0.113. The van der Waals surface area contributed by atoms with Crippen molar-refractivity contribution in [3.05, 3.63) is 276 Å². The van der Waals surface area contributed by atoms with Gasteiger partial charge in [0.1, 0.15) is 0 Å². The maximum Gasteiger partial charge on any atom is 0.0468 e. The molecule has 10 rings (SSSR count). The highest BCUT2D eigenvalue weighted by atomic mass is 15.1. The number of anilines is 6. The van der Waals surface area contributed by atoms with Crippen LogP contribution in [0.5, 0.6) is 0 Å². The van der Waals surface area contributed by atoms with E-state index >= 15 is 0 Å². The number of rotatable bonds is 12. The third-order valence-corrected chi connectivity index (χ3v) is 11.6. The molecule has 0 atom stereocenters. The van der Waals surface area contributed by atoms with Gasteiger partial charge in [0.15, 0.2) is 0 Å². The van der Waals surface area contributed by atoms with E-state index in [2.05, 4.69) is 289 Å². The van der Waals surface area contributed by atoms with Crippen LogP contribution >= 0.6 is 0 Å². The van der Waals surface area contributed by atoms with E-state index < -0.39 is 0 Å². The van der Waals surface area contributed by atoms with Gasteiger partial charge in [0.05, 0.1) is 0 Å². The summed E-state index contributed by atoms with van der Waals surface area (Å²) in [6, 6.07) is 86.4. The zero-order valence-corrected chi connectivity index (χ0v) is 35.5. The number of fused-ring (bicyclic) bond motifs is 2. The third kappa shape index (κ3) is 9.23. The standard InChI is InChI=1S/C62H46N2/c1-3-15-57(16-4-1)63(61-43-37-53-11-7-9-13-55(53)45-61)59-39-33-51(34-40-59)31-29-49-25-21-47(22-26-49)19-20-48-23-27-50(28-24-48)30-32-52-35-41-60(42-36-52)64(58-17-5-2-6-18-58)62-44-38-54-12-8-10-14-56(54)46-62/h1-46H. The lowest BCUT2D eigenvalue weighted by Gasteiger charge is -2.26. The topological polar surface area (TPSA) is 6.48 Å². The summed E-state index contributed by atoms with van der Waals surface area (Å²) in [5.41, 5.74) is 13.7. The van der Waals surface area contributed by atoms with E-state index in [9.17, 15) is 0 Å². The van der Waals surface area contributed by atoms with Crippen molar-refractivity contribution in [1.29, 1.82) is 0 Å². The van der Waals surface area contributed by atoms with Gasteiger partial charge in [-0.15, -0.1) is 0 Å². The second-order valence-electron chi connectivity index (χ2n) is 15.9. The third-order valence-electron chi connectivity index (χ3n) is 11.6. The highest BCUT2D eigenvalue weighted by molar-refractivity contribution is 5.91. The van der Waals surface area contributed by atoms with Crippen LogP contribution in [0.1, 0.15) is 33.4 Å². The fourth-order valence-corrected chi connectivity index (χ4v) is 8.16. The van der Waals surface area contributed by atoms with Gasteiger partial charge in [-0.05, 0) is 128 Å². The summed E-state index contributed by atoms with van der Waals surface area (Å²) in [5, 5.41) is 4.93. The predicted molar refractivity (Wildman–Crippen MR) is 277 cm³/mol. The minimum atomic E-state index is 1.12. The molecule has 0 bridgehead atoms. The molecule has 0 N–H and O–H groups in total. The molecule has 0 saturated heterocycles. The lowest BCUT2D eigenvalue weighted by molar-refractivity contribution is 1.29. The van der Waals surface area contributed by atoms with Crippen LogP contribution in [0.25, 0.3) is 58.0 Å². The maximum atomic E-state index is 2.31. The van der Waals surface area contributed by atoms with E-state index in [1.165, 1.54) is 21.5 Å². The Labute approximate surface area is 376 Å². The predicted octanol–water partition coefficient (Wildman–Crippen LogP) is 17.4. The van der Waals surface area contributed by atoms with Crippen LogP contribution in [0.15, 0.2) is 243 Å². The Morgan fingerprint density at radius 3 is 0.734 bits per heavy atom. The molecule has 304 valence electrons. The van der Waals surface area contributed by atoms with Crippen molar-refractivity contribution in [1.82, 2.24) is 0 Å². The van der Waals surface area contributed by atoms with Gasteiger partial charge in [0.25, 0.3) is 0 Å². The molecule has 0 amide bonds. The van der Waals surface area contributed by atoms with Crippen molar-refractivity contribution in [2.75, 3.05) is 9.80 Å². The summed E-state index contributed by atoms with van der Waals surface area (Å²) >= 11 is 0. The van der Waals surface area contributed by atoms with Crippen LogP contribution in [-0.2, 0) is 0 Å². The first-order valence-corrected chi connectivity index (χ1v) is 21.8. The normalized spacial score (nSPS) is 11.6. The molecular formula is C62H46N2. The van der Waals surface area contributed by atoms with E-state index in [0.717, 1.165) is 67.5 Å². The van der Waals surface area contributed by atoms with Crippen molar-refractivity contribution < 1.29 is 0 Å². The zero-order chi connectivity index (χ0) is 42.9. The van der Waals surface area contributed by atoms with Gasteiger partial charge >= 0.3 is 0 Å². The van der Waals surface area contributed by atoms with Crippen LogP contribution < -0.4 is 9.80 Å². The highest BCUT2D eigenvalue weighted by Gasteiger charge is 2.14. The summed E-state index contributed by atoms with van der Waals surface area (Å²) < 4.78 is 0. The number of para-hydroxylation sites is 2. The van der Waals surface area contributed by atoms with Crippen molar-refractivity contribution >= 4 is 92.1 Å². The molecule has 0 radical (unpaired) electrons. The van der Waals surface area contributed by atoms with Crippen LogP contribution in [0, 0.1) is 0 Å². The van der Waals surface area contributed by atoms with Crippen LogP contribution in [-0.4, -0.2) is 0 Å². The number of nitrogens with zero attached hydrogens (tertiary/aromatic N) is 2. The first-order chi connectivity index (χ1) is 31.7. The molecule has 0 fully saturated rings. The first kappa shape index (κ1) is 39.7. The van der Waals surface area contributed by atoms with E-state index in [1.807, 2.05) is 0 Å². The number of benzene rings is 10. The largest absolute Gasteiger partial charge is 0.310 e. The van der Waals surface area contributed by atoms with Crippen molar-refractivity contribution in [3.8, 4) is 0 Å². The summed E-state index contributed by atoms with van der Waals surface area (Å²) in [7, 11) is 0. The maximum absolute atomic E-state index is 2.31. The molecule has 0 saturated carbocycles. The molecule has 0 aliphatic heterocycles. The van der Waals surface area contributed by atoms with Crippen LogP contribution in [0.3, 0.4) is 0 Å². The average molecular weight is 819 g/mol. The Morgan fingerprint density at radius 1 is 0.188 bits per heavy atom. The fraction of sp³-hybridized carbons (Fsp3) is 0. The van der Waals surface area contributed by atoms with Crippen LogP contribution in [0.2, 0.25) is 0 Å².